The molecule has 0 saturated carbocycles. The third kappa shape index (κ3) is 4.82. The summed E-state index contributed by atoms with van der Waals surface area (Å²) in [6.45, 7) is 4.52. The van der Waals surface area contributed by atoms with Crippen LogP contribution in [-0.4, -0.2) is 22.2 Å². The van der Waals surface area contributed by atoms with Gasteiger partial charge in [0.1, 0.15) is 11.6 Å². The molecule has 1 N–H and O–H groups in total. The molecule has 0 aliphatic heterocycles. The van der Waals surface area contributed by atoms with E-state index in [1.54, 1.807) is 10.7 Å². The van der Waals surface area contributed by atoms with Gasteiger partial charge in [-0.05, 0) is 38.0 Å². The van der Waals surface area contributed by atoms with E-state index in [2.05, 4.69) is 10.4 Å². The molecule has 0 unspecified atom stereocenters. The van der Waals surface area contributed by atoms with Crippen molar-refractivity contribution in [1.82, 2.24) is 15.1 Å². The van der Waals surface area contributed by atoms with Crippen LogP contribution >= 0.6 is 0 Å². The number of nitrogens with zero attached hydrogens (tertiary/aromatic N) is 3. The van der Waals surface area contributed by atoms with Crippen LogP contribution in [0.15, 0.2) is 48.2 Å². The molecule has 1 aromatic carbocycles. The van der Waals surface area contributed by atoms with Crippen LogP contribution in [-0.2, 0) is 11.2 Å². The summed E-state index contributed by atoms with van der Waals surface area (Å²) in [5.74, 6) is -0.373. The van der Waals surface area contributed by atoms with Crippen LogP contribution in [0.25, 0.3) is 6.08 Å². The molecule has 1 heterocycles. The maximum Gasteiger partial charge on any atom is 0.262 e. The largest absolute Gasteiger partial charge is 0.351 e. The predicted molar refractivity (Wildman–Crippen MR) is 89.4 cm³/mol. The second kappa shape index (κ2) is 7.95. The Labute approximate surface area is 136 Å². The van der Waals surface area contributed by atoms with Gasteiger partial charge in [-0.25, -0.2) is 0 Å². The molecule has 118 valence electrons. The second-order valence-corrected chi connectivity index (χ2v) is 5.48. The minimum atomic E-state index is -0.373. The fraction of sp³-hybridized carbons (Fsp3) is 0.278. The molecule has 23 heavy (non-hydrogen) atoms. The van der Waals surface area contributed by atoms with Gasteiger partial charge in [-0.2, -0.15) is 10.4 Å². The molecule has 0 spiro atoms. The van der Waals surface area contributed by atoms with Crippen molar-refractivity contribution in [2.24, 2.45) is 0 Å². The van der Waals surface area contributed by atoms with Gasteiger partial charge < -0.3 is 5.32 Å². The summed E-state index contributed by atoms with van der Waals surface area (Å²) in [5.41, 5.74) is 1.81. The van der Waals surface area contributed by atoms with Crippen molar-refractivity contribution in [2.75, 3.05) is 6.54 Å². The van der Waals surface area contributed by atoms with Gasteiger partial charge in [0.2, 0.25) is 0 Å². The lowest BCUT2D eigenvalue weighted by atomic mass is 10.1. The number of nitriles is 1. The molecule has 0 radical (unpaired) electrons. The monoisotopic (exact) mass is 308 g/mol. The topological polar surface area (TPSA) is 70.7 Å². The molecule has 0 aliphatic rings. The first-order chi connectivity index (χ1) is 11.1. The zero-order chi connectivity index (χ0) is 16.7. The van der Waals surface area contributed by atoms with Gasteiger partial charge in [0.05, 0.1) is 5.69 Å². The molecule has 5 heteroatoms. The van der Waals surface area contributed by atoms with Crippen LogP contribution in [0, 0.1) is 11.3 Å². The molecular weight excluding hydrogens is 288 g/mol. The highest BCUT2D eigenvalue weighted by Gasteiger charge is 2.10. The van der Waals surface area contributed by atoms with E-state index in [-0.39, 0.29) is 17.5 Å². The maximum absolute atomic E-state index is 12.1. The SMILES string of the molecule is CC(C)n1ccc(/C=C(\C#N)C(=O)NCCc2ccccc2)n1. The Bertz CT molecular complexity index is 723. The number of nitrogens with one attached hydrogen (secondary N) is 1. The molecule has 2 rings (SSSR count). The average molecular weight is 308 g/mol. The van der Waals surface area contributed by atoms with Gasteiger partial charge in [-0.15, -0.1) is 0 Å². The lowest BCUT2D eigenvalue weighted by molar-refractivity contribution is -0.117. The number of amides is 1. The van der Waals surface area contributed by atoms with Crippen molar-refractivity contribution in [2.45, 2.75) is 26.3 Å². The standard InChI is InChI=1S/C18H20N4O/c1-14(2)22-11-9-17(21-22)12-16(13-19)18(23)20-10-8-15-6-4-3-5-7-15/h3-7,9,11-12,14H,8,10H2,1-2H3,(H,20,23)/b16-12+. The third-order valence-electron chi connectivity index (χ3n) is 3.36. The molecule has 0 atom stereocenters. The minimum absolute atomic E-state index is 0.0621. The molecule has 1 aromatic heterocycles. The van der Waals surface area contributed by atoms with E-state index in [0.29, 0.717) is 12.2 Å². The normalized spacial score (nSPS) is 11.3. The van der Waals surface area contributed by atoms with E-state index in [1.807, 2.05) is 56.4 Å². The van der Waals surface area contributed by atoms with Crippen molar-refractivity contribution < 1.29 is 4.79 Å². The fourth-order valence-electron chi connectivity index (χ4n) is 2.07. The molecular formula is C18H20N4O. The van der Waals surface area contributed by atoms with Crippen molar-refractivity contribution in [1.29, 1.82) is 5.26 Å². The number of aromatic nitrogens is 2. The minimum Gasteiger partial charge on any atom is -0.351 e. The third-order valence-corrected chi connectivity index (χ3v) is 3.36. The quantitative estimate of drug-likeness (QED) is 0.659. The van der Waals surface area contributed by atoms with Crippen LogP contribution in [0.2, 0.25) is 0 Å². The zero-order valence-electron chi connectivity index (χ0n) is 13.4. The van der Waals surface area contributed by atoms with Gasteiger partial charge >= 0.3 is 0 Å². The molecule has 0 saturated heterocycles. The Balaban J connectivity index is 1.95. The predicted octanol–water partition coefficient (Wildman–Crippen LogP) is 2.73. The summed E-state index contributed by atoms with van der Waals surface area (Å²) >= 11 is 0. The molecule has 0 aliphatic carbocycles. The van der Waals surface area contributed by atoms with Crippen molar-refractivity contribution in [3.8, 4) is 6.07 Å². The summed E-state index contributed by atoms with van der Waals surface area (Å²) in [6.07, 6.45) is 4.07. The highest BCUT2D eigenvalue weighted by atomic mass is 16.1. The van der Waals surface area contributed by atoms with E-state index in [0.717, 1.165) is 12.0 Å². The first-order valence-corrected chi connectivity index (χ1v) is 7.59. The van der Waals surface area contributed by atoms with Gasteiger partial charge in [0, 0.05) is 18.8 Å². The first kappa shape index (κ1) is 16.5. The second-order valence-electron chi connectivity index (χ2n) is 5.48. The van der Waals surface area contributed by atoms with Crippen LogP contribution in [0.3, 0.4) is 0 Å². The highest BCUT2D eigenvalue weighted by Crippen LogP contribution is 2.08. The number of benzene rings is 1. The number of hydrogen-bond donors (Lipinski definition) is 1. The van der Waals surface area contributed by atoms with Crippen molar-refractivity contribution in [3.05, 3.63) is 59.4 Å². The Morgan fingerprint density at radius 1 is 1.35 bits per heavy atom. The Morgan fingerprint density at radius 2 is 2.09 bits per heavy atom. The average Bonchev–Trinajstić information content (AvgIpc) is 3.02. The van der Waals surface area contributed by atoms with Gasteiger partial charge in [0.25, 0.3) is 5.91 Å². The Hall–Kier alpha value is -2.87. The lowest BCUT2D eigenvalue weighted by Crippen LogP contribution is -2.26. The molecule has 0 bridgehead atoms. The highest BCUT2D eigenvalue weighted by molar-refractivity contribution is 6.01. The van der Waals surface area contributed by atoms with E-state index in [9.17, 15) is 10.1 Å². The number of rotatable bonds is 6. The summed E-state index contributed by atoms with van der Waals surface area (Å²) < 4.78 is 1.79. The van der Waals surface area contributed by atoms with Gasteiger partial charge in [0.15, 0.2) is 0 Å². The van der Waals surface area contributed by atoms with Crippen molar-refractivity contribution in [3.63, 3.8) is 0 Å². The van der Waals surface area contributed by atoms with E-state index in [4.69, 9.17) is 0 Å². The van der Waals surface area contributed by atoms with Crippen molar-refractivity contribution >= 4 is 12.0 Å². The van der Waals surface area contributed by atoms with Crippen LogP contribution < -0.4 is 5.32 Å². The van der Waals surface area contributed by atoms with Crippen LogP contribution in [0.4, 0.5) is 0 Å². The fourth-order valence-corrected chi connectivity index (χ4v) is 2.07. The van der Waals surface area contributed by atoms with E-state index >= 15 is 0 Å². The zero-order valence-corrected chi connectivity index (χ0v) is 13.4. The van der Waals surface area contributed by atoms with Crippen LogP contribution in [0.5, 0.6) is 0 Å². The maximum atomic E-state index is 12.1. The number of hydrogen-bond acceptors (Lipinski definition) is 3. The van der Waals surface area contributed by atoms with Gasteiger partial charge in [-0.1, -0.05) is 30.3 Å². The lowest BCUT2D eigenvalue weighted by Gasteiger charge is -2.04. The van der Waals surface area contributed by atoms with Gasteiger partial charge in [-0.3, -0.25) is 9.48 Å². The first-order valence-electron chi connectivity index (χ1n) is 7.59. The van der Waals surface area contributed by atoms with E-state index in [1.165, 1.54) is 6.08 Å². The molecule has 2 aromatic rings. The van der Waals surface area contributed by atoms with E-state index < -0.39 is 0 Å². The molecule has 5 nitrogen and oxygen atoms in total. The molecule has 1 amide bonds. The molecule has 0 fully saturated rings. The summed E-state index contributed by atoms with van der Waals surface area (Å²) in [5, 5.41) is 16.3. The Morgan fingerprint density at radius 3 is 2.70 bits per heavy atom. The summed E-state index contributed by atoms with van der Waals surface area (Å²) in [7, 11) is 0. The number of carbonyl (C=O) groups is 1. The van der Waals surface area contributed by atoms with Crippen LogP contribution in [0.1, 0.15) is 31.1 Å². The smallest absolute Gasteiger partial charge is 0.262 e. The Kier molecular flexibility index (Phi) is 5.70. The summed E-state index contributed by atoms with van der Waals surface area (Å²) in [4.78, 5) is 12.1. The summed E-state index contributed by atoms with van der Waals surface area (Å²) in [6, 6.07) is 13.8. The number of carbonyl (C=O) groups excluding carboxylic acids is 1.